The second-order valence-electron chi connectivity index (χ2n) is 5.24. The van der Waals surface area contributed by atoms with Crippen molar-refractivity contribution < 1.29 is 4.39 Å². The van der Waals surface area contributed by atoms with Crippen LogP contribution in [0.2, 0.25) is 0 Å². The van der Waals surface area contributed by atoms with Crippen LogP contribution in [0.5, 0.6) is 0 Å². The van der Waals surface area contributed by atoms with E-state index in [4.69, 9.17) is 0 Å². The maximum absolute atomic E-state index is 13.7. The predicted octanol–water partition coefficient (Wildman–Crippen LogP) is 4.61. The van der Waals surface area contributed by atoms with Crippen LogP contribution in [-0.4, -0.2) is 6.54 Å². The molecule has 106 valence electrons. The molecule has 0 aromatic heterocycles. The number of benzene rings is 2. The molecule has 0 spiro atoms. The molecule has 0 saturated carbocycles. The van der Waals surface area contributed by atoms with E-state index in [2.05, 4.69) is 37.4 Å². The Hall–Kier alpha value is -1.67. The average Bonchev–Trinajstić information content (AvgIpc) is 2.43. The molecule has 2 heteroatoms. The average molecular weight is 271 g/mol. The fourth-order valence-electron chi connectivity index (χ4n) is 2.45. The first-order valence-electron chi connectivity index (χ1n) is 7.19. The third kappa shape index (κ3) is 3.26. The number of halogens is 1. The van der Waals surface area contributed by atoms with Gasteiger partial charge >= 0.3 is 0 Å². The molecule has 0 aliphatic carbocycles. The van der Waals surface area contributed by atoms with Crippen LogP contribution >= 0.6 is 0 Å². The molecule has 20 heavy (non-hydrogen) atoms. The van der Waals surface area contributed by atoms with Gasteiger partial charge in [0.15, 0.2) is 0 Å². The smallest absolute Gasteiger partial charge is 0.126 e. The summed E-state index contributed by atoms with van der Waals surface area (Å²) in [4.78, 5) is 0. The zero-order valence-corrected chi connectivity index (χ0v) is 12.5. The molecule has 0 heterocycles. The van der Waals surface area contributed by atoms with E-state index in [0.29, 0.717) is 5.56 Å². The first-order valence-corrected chi connectivity index (χ1v) is 7.19. The van der Waals surface area contributed by atoms with Crippen molar-refractivity contribution in [3.05, 3.63) is 58.9 Å². The first kappa shape index (κ1) is 14.7. The molecular weight excluding hydrogens is 249 g/mol. The van der Waals surface area contributed by atoms with Gasteiger partial charge in [0.25, 0.3) is 0 Å². The summed E-state index contributed by atoms with van der Waals surface area (Å²) in [5, 5.41) is 3.40. The van der Waals surface area contributed by atoms with Gasteiger partial charge in [0.1, 0.15) is 5.82 Å². The van der Waals surface area contributed by atoms with Crippen molar-refractivity contribution in [1.82, 2.24) is 5.32 Å². The van der Waals surface area contributed by atoms with E-state index in [1.54, 1.807) is 6.07 Å². The van der Waals surface area contributed by atoms with Gasteiger partial charge in [-0.15, -0.1) is 0 Å². The molecule has 1 N–H and O–H groups in total. The van der Waals surface area contributed by atoms with Gasteiger partial charge in [0.05, 0.1) is 0 Å². The summed E-state index contributed by atoms with van der Waals surface area (Å²) in [7, 11) is 0. The van der Waals surface area contributed by atoms with Gasteiger partial charge in [-0.05, 0) is 60.7 Å². The molecule has 0 fully saturated rings. The summed E-state index contributed by atoms with van der Waals surface area (Å²) in [6.07, 6.45) is 1.14. The highest BCUT2D eigenvalue weighted by atomic mass is 19.1. The zero-order chi connectivity index (χ0) is 14.5. The number of rotatable bonds is 5. The predicted molar refractivity (Wildman–Crippen MR) is 83.3 cm³/mol. The fraction of sp³-hybridized carbons (Fsp3) is 0.333. The van der Waals surface area contributed by atoms with Crippen molar-refractivity contribution in [3.8, 4) is 11.1 Å². The number of hydrogen-bond acceptors (Lipinski definition) is 1. The molecule has 2 rings (SSSR count). The molecule has 2 aromatic carbocycles. The van der Waals surface area contributed by atoms with Crippen molar-refractivity contribution in [2.75, 3.05) is 6.54 Å². The van der Waals surface area contributed by atoms with Crippen LogP contribution in [0.4, 0.5) is 4.39 Å². The van der Waals surface area contributed by atoms with Gasteiger partial charge in [-0.2, -0.15) is 0 Å². The molecule has 0 atom stereocenters. The lowest BCUT2D eigenvalue weighted by Gasteiger charge is -2.12. The Kier molecular flexibility index (Phi) is 4.91. The lowest BCUT2D eigenvalue weighted by atomic mass is 9.95. The minimum atomic E-state index is -0.143. The molecule has 0 amide bonds. The Morgan fingerprint density at radius 1 is 1.05 bits per heavy atom. The Morgan fingerprint density at radius 2 is 1.85 bits per heavy atom. The van der Waals surface area contributed by atoms with E-state index >= 15 is 0 Å². The Morgan fingerprint density at radius 3 is 2.55 bits per heavy atom. The largest absolute Gasteiger partial charge is 0.313 e. The van der Waals surface area contributed by atoms with Crippen molar-refractivity contribution >= 4 is 0 Å². The maximum Gasteiger partial charge on any atom is 0.126 e. The molecule has 2 aromatic rings. The Labute approximate surface area is 120 Å². The first-order chi connectivity index (χ1) is 9.63. The Bertz CT molecular complexity index is 590. The lowest BCUT2D eigenvalue weighted by Crippen LogP contribution is -2.13. The molecule has 0 aliphatic heterocycles. The van der Waals surface area contributed by atoms with E-state index in [1.165, 1.54) is 17.2 Å². The molecule has 0 aliphatic rings. The second-order valence-corrected chi connectivity index (χ2v) is 5.24. The van der Waals surface area contributed by atoms with E-state index in [9.17, 15) is 4.39 Å². The third-order valence-corrected chi connectivity index (χ3v) is 3.60. The van der Waals surface area contributed by atoms with E-state index in [-0.39, 0.29) is 5.82 Å². The van der Waals surface area contributed by atoms with E-state index in [1.807, 2.05) is 13.0 Å². The van der Waals surface area contributed by atoms with Gasteiger partial charge in [-0.25, -0.2) is 4.39 Å². The van der Waals surface area contributed by atoms with Crippen LogP contribution in [0.3, 0.4) is 0 Å². The second kappa shape index (κ2) is 6.67. The van der Waals surface area contributed by atoms with Crippen LogP contribution in [0.25, 0.3) is 11.1 Å². The highest BCUT2D eigenvalue weighted by Crippen LogP contribution is 2.28. The quantitative estimate of drug-likeness (QED) is 0.783. The summed E-state index contributed by atoms with van der Waals surface area (Å²) >= 11 is 0. The SMILES string of the molecule is CCCNCc1ccc(-c2cccc(F)c2C)c(C)c1. The van der Waals surface area contributed by atoms with Crippen molar-refractivity contribution in [1.29, 1.82) is 0 Å². The monoisotopic (exact) mass is 271 g/mol. The maximum atomic E-state index is 13.7. The summed E-state index contributed by atoms with van der Waals surface area (Å²) in [5.41, 5.74) is 5.27. The van der Waals surface area contributed by atoms with Crippen molar-refractivity contribution in [3.63, 3.8) is 0 Å². The highest BCUT2D eigenvalue weighted by Gasteiger charge is 2.08. The van der Waals surface area contributed by atoms with Crippen molar-refractivity contribution in [2.24, 2.45) is 0 Å². The number of aryl methyl sites for hydroxylation is 1. The molecule has 0 saturated heterocycles. The van der Waals surface area contributed by atoms with E-state index in [0.717, 1.165) is 30.6 Å². The van der Waals surface area contributed by atoms with Crippen LogP contribution in [0.1, 0.15) is 30.0 Å². The summed E-state index contributed by atoms with van der Waals surface area (Å²) in [6.45, 7) is 8.00. The van der Waals surface area contributed by atoms with Gasteiger partial charge < -0.3 is 5.32 Å². The molecular formula is C18H22FN. The van der Waals surface area contributed by atoms with Crippen molar-refractivity contribution in [2.45, 2.75) is 33.7 Å². The molecule has 0 radical (unpaired) electrons. The van der Waals surface area contributed by atoms with Crippen LogP contribution < -0.4 is 5.32 Å². The van der Waals surface area contributed by atoms with Gasteiger partial charge in [0, 0.05) is 6.54 Å². The lowest BCUT2D eigenvalue weighted by molar-refractivity contribution is 0.619. The minimum Gasteiger partial charge on any atom is -0.313 e. The van der Waals surface area contributed by atoms with E-state index < -0.39 is 0 Å². The van der Waals surface area contributed by atoms with Crippen LogP contribution in [0, 0.1) is 19.7 Å². The standard InChI is InChI=1S/C18H22FN/c1-4-10-20-12-15-8-9-16(13(2)11-15)17-6-5-7-18(19)14(17)3/h5-9,11,20H,4,10,12H2,1-3H3. The van der Waals surface area contributed by atoms with Crippen LogP contribution in [0.15, 0.2) is 36.4 Å². The van der Waals surface area contributed by atoms with Gasteiger partial charge in [-0.3, -0.25) is 0 Å². The number of hydrogen-bond donors (Lipinski definition) is 1. The number of nitrogens with one attached hydrogen (secondary N) is 1. The Balaban J connectivity index is 2.27. The normalized spacial score (nSPS) is 10.8. The zero-order valence-electron chi connectivity index (χ0n) is 12.5. The highest BCUT2D eigenvalue weighted by molar-refractivity contribution is 5.70. The summed E-state index contributed by atoms with van der Waals surface area (Å²) < 4.78 is 13.7. The third-order valence-electron chi connectivity index (χ3n) is 3.60. The fourth-order valence-corrected chi connectivity index (χ4v) is 2.45. The molecule has 0 bridgehead atoms. The summed E-state index contributed by atoms with van der Waals surface area (Å²) in [5.74, 6) is -0.143. The molecule has 0 unspecified atom stereocenters. The van der Waals surface area contributed by atoms with Crippen LogP contribution in [-0.2, 0) is 6.54 Å². The van der Waals surface area contributed by atoms with Gasteiger partial charge in [-0.1, -0.05) is 37.3 Å². The molecule has 1 nitrogen and oxygen atoms in total. The van der Waals surface area contributed by atoms with Gasteiger partial charge in [0.2, 0.25) is 0 Å². The minimum absolute atomic E-state index is 0.143. The topological polar surface area (TPSA) is 12.0 Å². The summed E-state index contributed by atoms with van der Waals surface area (Å²) in [6, 6.07) is 11.7.